The largest absolute Gasteiger partial charge is 0.440 e. The van der Waals surface area contributed by atoms with E-state index >= 15 is 4.79 Å². The van der Waals surface area contributed by atoms with E-state index in [1.807, 2.05) is 24.3 Å². The first-order valence-electron chi connectivity index (χ1n) is 25.5. The van der Waals surface area contributed by atoms with Crippen LogP contribution in [0.15, 0.2) is 36.4 Å². The molecule has 7 nitrogen and oxygen atoms in total. The Hall–Kier alpha value is -2.45. The van der Waals surface area contributed by atoms with E-state index in [0.717, 1.165) is 49.7 Å². The molecule has 62 heavy (non-hydrogen) atoms. The molecule has 1 heterocycles. The lowest BCUT2D eigenvalue weighted by atomic mass is 9.68. The smallest absolute Gasteiger partial charge is 0.316 e. The van der Waals surface area contributed by atoms with E-state index in [9.17, 15) is 0 Å². The van der Waals surface area contributed by atoms with Crippen molar-refractivity contribution in [3.05, 3.63) is 58.7 Å². The van der Waals surface area contributed by atoms with E-state index < -0.39 is 13.0 Å². The van der Waals surface area contributed by atoms with Gasteiger partial charge in [0.05, 0.1) is 35.5 Å². The molecule has 4 bridgehead atoms. The van der Waals surface area contributed by atoms with Crippen molar-refractivity contribution in [2.75, 3.05) is 0 Å². The number of ketones is 1. The first-order chi connectivity index (χ1) is 29.7. The highest BCUT2D eigenvalue weighted by atomic mass is 16.9. The summed E-state index contributed by atoms with van der Waals surface area (Å²) >= 11 is 0. The molecular formula is C55H82O7. The lowest BCUT2D eigenvalue weighted by molar-refractivity contribution is -0.311. The molecule has 2 unspecified atom stereocenters. The molecule has 0 N–H and O–H groups in total. The summed E-state index contributed by atoms with van der Waals surface area (Å²) in [4.78, 5) is 15.2. The zero-order chi connectivity index (χ0) is 43.8. The second-order valence-corrected chi connectivity index (χ2v) is 22.7. The molecule has 5 fully saturated rings. The van der Waals surface area contributed by atoms with Gasteiger partial charge >= 0.3 is 13.0 Å². The monoisotopic (exact) mass is 855 g/mol. The number of hydrogen-bond donors (Lipinski definition) is 0. The maximum atomic E-state index is 15.2. The minimum Gasteiger partial charge on any atom is -0.440 e. The summed E-state index contributed by atoms with van der Waals surface area (Å²) in [5.74, 6) is 7.11. The molecule has 8 rings (SSSR count). The molecule has 5 aliphatic carbocycles. The Morgan fingerprint density at radius 2 is 0.984 bits per heavy atom. The van der Waals surface area contributed by atoms with Gasteiger partial charge in [-0.05, 0) is 171 Å². The zero-order valence-electron chi connectivity index (χ0n) is 40.1. The topological polar surface area (TPSA) is 72.5 Å². The number of carbonyl (C=O) groups excluding carboxylic acids is 1. The Kier molecular flexibility index (Phi) is 14.8. The minimum atomic E-state index is -0.929. The van der Waals surface area contributed by atoms with Gasteiger partial charge in [-0.1, -0.05) is 106 Å². The molecule has 2 aromatic rings. The van der Waals surface area contributed by atoms with E-state index in [0.29, 0.717) is 100 Å². The summed E-state index contributed by atoms with van der Waals surface area (Å²) < 4.78 is 42.2. The van der Waals surface area contributed by atoms with Crippen LogP contribution < -0.4 is 9.47 Å². The SMILES string of the molecule is CC(C)C1CC[C@@H](C)C[C@H]1OC(Oc1cccc2c1C(=O)c1c(cccc1OC1O[C@@H]3C[C@@H](CC[C@H]3C(C)C)C[C@@H]3CC[C@@H](C(C)C)[C@@H](C3)O1)C2)O[C@@H]1C[C@H](C)CC[C@H]1C(C)C. The van der Waals surface area contributed by atoms with Gasteiger partial charge < -0.3 is 28.4 Å². The number of hydrogen-bond acceptors (Lipinski definition) is 7. The van der Waals surface area contributed by atoms with E-state index in [-0.39, 0.29) is 30.2 Å². The maximum Gasteiger partial charge on any atom is 0.316 e. The number of ether oxygens (including phenoxy) is 6. The molecule has 0 spiro atoms. The lowest BCUT2D eigenvalue weighted by Crippen LogP contribution is -2.46. The normalized spacial score (nSPS) is 34.8. The fraction of sp³-hybridized carbons (Fsp3) is 0.764. The van der Waals surface area contributed by atoms with Crippen LogP contribution in [0.1, 0.15) is 180 Å². The van der Waals surface area contributed by atoms with E-state index in [1.54, 1.807) is 0 Å². The first kappa shape index (κ1) is 46.1. The van der Waals surface area contributed by atoms with Gasteiger partial charge in [0.1, 0.15) is 11.5 Å². The fourth-order valence-corrected chi connectivity index (χ4v) is 13.2. The minimum absolute atomic E-state index is 0.0139. The molecule has 2 aromatic carbocycles. The van der Waals surface area contributed by atoms with Crippen molar-refractivity contribution in [3.63, 3.8) is 0 Å². The van der Waals surface area contributed by atoms with Crippen LogP contribution in [0, 0.1) is 71.0 Å². The first-order valence-corrected chi connectivity index (χ1v) is 25.5. The van der Waals surface area contributed by atoms with Crippen LogP contribution in [0.3, 0.4) is 0 Å². The number of rotatable bonds is 12. The standard InChI is InChI=1S/C55H82O7/c1-31(2)41-21-17-35(9)25-47(41)59-54(60-48-26-36(10)18-22-42(48)32(3)4)57-45-15-11-13-39-30-40-14-12-16-46(52(40)53(56)51(39)45)58-55-61-49-28-37(19-23-43(49)33(5)6)27-38-20-24-44(34(7)8)50(29-38)62-55/h11-16,31-38,41-44,47-50,54-55H,17-30H2,1-10H3/t35-,36-,37+,38+,41+,42?,43+,44+,47-,48-,49-,50-,54?/m1/s1. The van der Waals surface area contributed by atoms with Gasteiger partial charge in [-0.15, -0.1) is 0 Å². The van der Waals surface area contributed by atoms with Gasteiger partial charge in [-0.2, -0.15) is 0 Å². The predicted molar refractivity (Wildman–Crippen MR) is 246 cm³/mol. The van der Waals surface area contributed by atoms with Gasteiger partial charge in [0.2, 0.25) is 5.78 Å². The second-order valence-electron chi connectivity index (χ2n) is 22.7. The Morgan fingerprint density at radius 1 is 0.532 bits per heavy atom. The molecule has 6 aliphatic rings. The van der Waals surface area contributed by atoms with Crippen molar-refractivity contribution >= 4 is 5.78 Å². The van der Waals surface area contributed by atoms with Crippen LogP contribution in [0.4, 0.5) is 0 Å². The van der Waals surface area contributed by atoms with Crippen molar-refractivity contribution in [2.24, 2.45) is 71.0 Å². The molecule has 0 amide bonds. The van der Waals surface area contributed by atoms with Gasteiger partial charge in [0.15, 0.2) is 0 Å². The van der Waals surface area contributed by atoms with Crippen LogP contribution in [0.5, 0.6) is 11.5 Å². The third-order valence-electron chi connectivity index (χ3n) is 16.9. The fourth-order valence-electron chi connectivity index (χ4n) is 13.2. The van der Waals surface area contributed by atoms with Crippen LogP contribution in [-0.4, -0.2) is 43.2 Å². The average molecular weight is 855 g/mol. The Bertz CT molecular complexity index is 1730. The highest BCUT2D eigenvalue weighted by molar-refractivity contribution is 6.15. The Balaban J connectivity index is 1.10. The predicted octanol–water partition coefficient (Wildman–Crippen LogP) is 13.4. The second kappa shape index (κ2) is 20.0. The molecule has 0 aromatic heterocycles. The van der Waals surface area contributed by atoms with Crippen molar-refractivity contribution in [3.8, 4) is 11.5 Å². The van der Waals surface area contributed by atoms with Gasteiger partial charge in [-0.25, -0.2) is 0 Å². The van der Waals surface area contributed by atoms with Crippen LogP contribution in [0.2, 0.25) is 0 Å². The van der Waals surface area contributed by atoms with E-state index in [1.165, 1.54) is 44.9 Å². The third-order valence-corrected chi connectivity index (χ3v) is 16.9. The molecule has 1 aliphatic heterocycles. The van der Waals surface area contributed by atoms with E-state index in [2.05, 4.69) is 81.4 Å². The van der Waals surface area contributed by atoms with Crippen LogP contribution >= 0.6 is 0 Å². The molecule has 13 atom stereocenters. The quantitative estimate of drug-likeness (QED) is 0.168. The van der Waals surface area contributed by atoms with Gasteiger partial charge in [0.25, 0.3) is 0 Å². The summed E-state index contributed by atoms with van der Waals surface area (Å²) in [6.45, 7) is 21.4. The summed E-state index contributed by atoms with van der Waals surface area (Å²) in [7, 11) is 0. The van der Waals surface area contributed by atoms with Crippen LogP contribution in [-0.2, 0) is 25.4 Å². The zero-order valence-corrected chi connectivity index (χ0v) is 40.1. The molecule has 1 saturated heterocycles. The molecule has 4 saturated carbocycles. The highest BCUT2D eigenvalue weighted by Crippen LogP contribution is 2.47. The van der Waals surface area contributed by atoms with E-state index in [4.69, 9.17) is 28.4 Å². The van der Waals surface area contributed by atoms with Crippen molar-refractivity contribution in [1.29, 1.82) is 0 Å². The summed E-state index contributed by atoms with van der Waals surface area (Å²) in [6, 6.07) is 12.0. The van der Waals surface area contributed by atoms with Crippen molar-refractivity contribution in [2.45, 2.75) is 196 Å². The summed E-state index contributed by atoms with van der Waals surface area (Å²) in [6.07, 6.45) is 15.6. The van der Waals surface area contributed by atoms with Gasteiger partial charge in [-0.3, -0.25) is 4.79 Å². The number of benzene rings is 2. The Labute approximate surface area is 375 Å². The third kappa shape index (κ3) is 10.3. The molecule has 344 valence electrons. The molecule has 0 radical (unpaired) electrons. The maximum absolute atomic E-state index is 15.2. The van der Waals surface area contributed by atoms with Gasteiger partial charge in [0, 0.05) is 0 Å². The van der Waals surface area contributed by atoms with Crippen molar-refractivity contribution < 1.29 is 33.2 Å². The highest BCUT2D eigenvalue weighted by Gasteiger charge is 2.44. The van der Waals surface area contributed by atoms with Crippen LogP contribution in [0.25, 0.3) is 0 Å². The van der Waals surface area contributed by atoms with Crippen molar-refractivity contribution in [1.82, 2.24) is 0 Å². The molecular weight excluding hydrogens is 773 g/mol. The Morgan fingerprint density at radius 3 is 1.47 bits per heavy atom. The summed E-state index contributed by atoms with van der Waals surface area (Å²) in [5.41, 5.74) is 3.04. The number of fused-ring (bicyclic) bond motifs is 6. The molecule has 7 heteroatoms. The number of carbonyl (C=O) groups is 1. The average Bonchev–Trinajstić information content (AvgIpc) is 3.20. The summed E-state index contributed by atoms with van der Waals surface area (Å²) in [5, 5.41) is 0. The lowest BCUT2D eigenvalue weighted by Gasteiger charge is -2.46.